The van der Waals surface area contributed by atoms with Gasteiger partial charge in [-0.15, -0.1) is 0 Å². The van der Waals surface area contributed by atoms with E-state index in [4.69, 9.17) is 11.6 Å². The van der Waals surface area contributed by atoms with E-state index >= 15 is 0 Å². The van der Waals surface area contributed by atoms with Crippen molar-refractivity contribution in [3.63, 3.8) is 0 Å². The Hall–Kier alpha value is -0.600. The molecule has 0 amide bonds. The first-order valence-corrected chi connectivity index (χ1v) is 6.44. The summed E-state index contributed by atoms with van der Waals surface area (Å²) in [7, 11) is 0. The van der Waals surface area contributed by atoms with Gasteiger partial charge in [0.2, 0.25) is 0 Å². The van der Waals surface area contributed by atoms with Crippen molar-refractivity contribution in [2.75, 3.05) is 6.54 Å². The van der Waals surface area contributed by atoms with Crippen LogP contribution in [-0.4, -0.2) is 12.1 Å². The molecule has 0 bridgehead atoms. The van der Waals surface area contributed by atoms with E-state index in [9.17, 15) is 4.39 Å². The van der Waals surface area contributed by atoms with Crippen LogP contribution in [0.15, 0.2) is 18.2 Å². The van der Waals surface area contributed by atoms with Crippen molar-refractivity contribution in [3.8, 4) is 0 Å². The standard InChI is InChI=1S/C14H19ClFN/c1-14(2,3)17-8-10-6-11(10)9-4-5-13(16)12(15)7-9/h4-5,7,10-11,17H,6,8H2,1-3H3. The first-order chi connectivity index (χ1) is 7.87. The number of halogens is 2. The van der Waals surface area contributed by atoms with E-state index in [1.54, 1.807) is 6.07 Å². The van der Waals surface area contributed by atoms with Gasteiger partial charge in [-0.05, 0) is 63.3 Å². The number of hydrogen-bond donors (Lipinski definition) is 1. The lowest BCUT2D eigenvalue weighted by Gasteiger charge is -2.20. The topological polar surface area (TPSA) is 12.0 Å². The molecule has 0 heterocycles. The fourth-order valence-corrected chi connectivity index (χ4v) is 2.25. The van der Waals surface area contributed by atoms with Crippen molar-refractivity contribution in [1.82, 2.24) is 5.32 Å². The summed E-state index contributed by atoms with van der Waals surface area (Å²) in [4.78, 5) is 0. The summed E-state index contributed by atoms with van der Waals surface area (Å²) in [5, 5.41) is 3.74. The molecule has 0 aliphatic heterocycles. The Kier molecular flexibility index (Phi) is 3.46. The van der Waals surface area contributed by atoms with Crippen LogP contribution in [0.25, 0.3) is 0 Å². The van der Waals surface area contributed by atoms with Crippen LogP contribution in [0.4, 0.5) is 4.39 Å². The summed E-state index contributed by atoms with van der Waals surface area (Å²) >= 11 is 5.79. The molecule has 94 valence electrons. The summed E-state index contributed by atoms with van der Waals surface area (Å²) in [6.07, 6.45) is 1.17. The molecular formula is C14H19ClFN. The molecule has 2 unspecified atom stereocenters. The molecular weight excluding hydrogens is 237 g/mol. The van der Waals surface area contributed by atoms with Gasteiger partial charge in [-0.1, -0.05) is 17.7 Å². The van der Waals surface area contributed by atoms with Gasteiger partial charge in [0.15, 0.2) is 0 Å². The van der Waals surface area contributed by atoms with Crippen LogP contribution in [0, 0.1) is 11.7 Å². The minimum absolute atomic E-state index is 0.160. The zero-order valence-electron chi connectivity index (χ0n) is 10.6. The molecule has 1 fully saturated rings. The Labute approximate surface area is 107 Å². The van der Waals surface area contributed by atoms with Crippen LogP contribution < -0.4 is 5.32 Å². The second-order valence-corrected chi connectivity index (χ2v) is 6.31. The van der Waals surface area contributed by atoms with Crippen molar-refractivity contribution < 1.29 is 4.39 Å². The van der Waals surface area contributed by atoms with Crippen molar-refractivity contribution in [2.24, 2.45) is 5.92 Å². The predicted molar refractivity (Wildman–Crippen MR) is 70.0 cm³/mol. The summed E-state index contributed by atoms with van der Waals surface area (Å²) in [6.45, 7) is 7.51. The smallest absolute Gasteiger partial charge is 0.141 e. The molecule has 2 rings (SSSR count). The van der Waals surface area contributed by atoms with E-state index in [2.05, 4.69) is 26.1 Å². The van der Waals surface area contributed by atoms with E-state index in [0.29, 0.717) is 11.8 Å². The van der Waals surface area contributed by atoms with Gasteiger partial charge in [0, 0.05) is 5.54 Å². The van der Waals surface area contributed by atoms with E-state index < -0.39 is 0 Å². The van der Waals surface area contributed by atoms with Gasteiger partial charge in [0.1, 0.15) is 5.82 Å². The van der Waals surface area contributed by atoms with Crippen molar-refractivity contribution >= 4 is 11.6 Å². The minimum Gasteiger partial charge on any atom is -0.312 e. The maximum atomic E-state index is 13.0. The van der Waals surface area contributed by atoms with Crippen molar-refractivity contribution in [2.45, 2.75) is 38.6 Å². The highest BCUT2D eigenvalue weighted by Crippen LogP contribution is 2.47. The van der Waals surface area contributed by atoms with Crippen LogP contribution in [0.5, 0.6) is 0 Å². The minimum atomic E-state index is -0.333. The number of rotatable bonds is 3. The first-order valence-electron chi connectivity index (χ1n) is 6.07. The lowest BCUT2D eigenvalue weighted by atomic mass is 10.1. The second-order valence-electron chi connectivity index (χ2n) is 5.91. The Bertz CT molecular complexity index is 411. The van der Waals surface area contributed by atoms with Gasteiger partial charge in [0.05, 0.1) is 5.02 Å². The summed E-state index contributed by atoms with van der Waals surface area (Å²) in [6, 6.07) is 5.08. The zero-order valence-corrected chi connectivity index (χ0v) is 11.3. The Morgan fingerprint density at radius 2 is 2.12 bits per heavy atom. The van der Waals surface area contributed by atoms with Crippen molar-refractivity contribution in [1.29, 1.82) is 0 Å². The summed E-state index contributed by atoms with van der Waals surface area (Å²) in [5.74, 6) is 0.874. The molecule has 1 aliphatic carbocycles. The van der Waals surface area contributed by atoms with Gasteiger partial charge in [-0.25, -0.2) is 4.39 Å². The maximum absolute atomic E-state index is 13.0. The van der Waals surface area contributed by atoms with Gasteiger partial charge in [-0.3, -0.25) is 0 Å². The quantitative estimate of drug-likeness (QED) is 0.862. The number of benzene rings is 1. The molecule has 1 aromatic carbocycles. The molecule has 3 heteroatoms. The monoisotopic (exact) mass is 255 g/mol. The summed E-state index contributed by atoms with van der Waals surface area (Å²) in [5.41, 5.74) is 1.32. The Balaban J connectivity index is 1.92. The molecule has 1 N–H and O–H groups in total. The molecule has 1 nitrogen and oxygen atoms in total. The lowest BCUT2D eigenvalue weighted by molar-refractivity contribution is 0.414. The highest BCUT2D eigenvalue weighted by molar-refractivity contribution is 6.30. The lowest BCUT2D eigenvalue weighted by Crippen LogP contribution is -2.37. The fraction of sp³-hybridized carbons (Fsp3) is 0.571. The van der Waals surface area contributed by atoms with Crippen LogP contribution in [0.3, 0.4) is 0 Å². The highest BCUT2D eigenvalue weighted by Gasteiger charge is 2.38. The van der Waals surface area contributed by atoms with E-state index in [1.807, 2.05) is 6.07 Å². The summed E-state index contributed by atoms with van der Waals surface area (Å²) < 4.78 is 13.0. The molecule has 17 heavy (non-hydrogen) atoms. The van der Waals surface area contributed by atoms with Crippen LogP contribution in [0.1, 0.15) is 38.7 Å². The van der Waals surface area contributed by atoms with Crippen LogP contribution >= 0.6 is 11.6 Å². The van der Waals surface area contributed by atoms with Crippen LogP contribution in [0.2, 0.25) is 5.02 Å². The van der Waals surface area contributed by atoms with Crippen LogP contribution in [-0.2, 0) is 0 Å². The molecule has 0 aromatic heterocycles. The third-order valence-corrected chi connectivity index (χ3v) is 3.48. The van der Waals surface area contributed by atoms with E-state index in [1.165, 1.54) is 12.5 Å². The third-order valence-electron chi connectivity index (χ3n) is 3.19. The van der Waals surface area contributed by atoms with Crippen molar-refractivity contribution in [3.05, 3.63) is 34.6 Å². The average Bonchev–Trinajstić information content (AvgIpc) is 2.97. The highest BCUT2D eigenvalue weighted by atomic mass is 35.5. The molecule has 1 aromatic rings. The molecule has 1 saturated carbocycles. The van der Waals surface area contributed by atoms with E-state index in [-0.39, 0.29) is 16.4 Å². The Morgan fingerprint density at radius 1 is 1.41 bits per heavy atom. The van der Waals surface area contributed by atoms with Gasteiger partial charge in [0.25, 0.3) is 0 Å². The first kappa shape index (κ1) is 12.8. The van der Waals surface area contributed by atoms with Gasteiger partial charge in [-0.2, -0.15) is 0 Å². The third kappa shape index (κ3) is 3.43. The average molecular weight is 256 g/mol. The molecule has 0 saturated heterocycles. The Morgan fingerprint density at radius 3 is 2.71 bits per heavy atom. The number of nitrogens with one attached hydrogen (secondary N) is 1. The molecule has 0 spiro atoms. The predicted octanol–water partition coefficient (Wildman–Crippen LogP) is 3.97. The zero-order chi connectivity index (χ0) is 12.6. The van der Waals surface area contributed by atoms with Gasteiger partial charge >= 0.3 is 0 Å². The number of hydrogen-bond acceptors (Lipinski definition) is 1. The SMILES string of the molecule is CC(C)(C)NCC1CC1c1ccc(F)c(Cl)c1. The van der Waals surface area contributed by atoms with E-state index in [0.717, 1.165) is 12.1 Å². The second kappa shape index (κ2) is 4.58. The maximum Gasteiger partial charge on any atom is 0.141 e. The fourth-order valence-electron chi connectivity index (χ4n) is 2.06. The molecule has 2 atom stereocenters. The molecule has 1 aliphatic rings. The normalized spacial score (nSPS) is 23.8. The largest absolute Gasteiger partial charge is 0.312 e. The van der Waals surface area contributed by atoms with Gasteiger partial charge < -0.3 is 5.32 Å². The molecule has 0 radical (unpaired) electrons.